The number of aliphatic hydroxyl groups excluding tert-OH is 1. The first-order valence-electron chi connectivity index (χ1n) is 6.86. The van der Waals surface area contributed by atoms with Crippen molar-refractivity contribution in [1.29, 1.82) is 0 Å². The lowest BCUT2D eigenvalue weighted by Gasteiger charge is -2.29. The Morgan fingerprint density at radius 3 is 2.95 bits per heavy atom. The van der Waals surface area contributed by atoms with Crippen LogP contribution < -0.4 is 5.73 Å². The molecular weight excluding hydrogens is 278 g/mol. The fourth-order valence-electron chi connectivity index (χ4n) is 2.83. The zero-order valence-electron chi connectivity index (χ0n) is 11.1. The van der Waals surface area contributed by atoms with Crippen LogP contribution in [0.5, 0.6) is 0 Å². The van der Waals surface area contributed by atoms with Crippen LogP contribution in [0.25, 0.3) is 0 Å². The van der Waals surface area contributed by atoms with Crippen LogP contribution in [0.3, 0.4) is 0 Å². The third-order valence-corrected chi connectivity index (χ3v) is 5.54. The maximum absolute atomic E-state index is 9.42. The first kappa shape index (κ1) is 15.2. The number of rotatable bonds is 6. The molecular formula is C15H22ClNOS. The van der Waals surface area contributed by atoms with Gasteiger partial charge in [0, 0.05) is 16.3 Å². The highest BCUT2D eigenvalue weighted by molar-refractivity contribution is 7.98. The van der Waals surface area contributed by atoms with Crippen LogP contribution in [-0.4, -0.2) is 23.0 Å². The summed E-state index contributed by atoms with van der Waals surface area (Å²) in [6.45, 7) is 0.118. The van der Waals surface area contributed by atoms with Gasteiger partial charge in [-0.25, -0.2) is 0 Å². The summed E-state index contributed by atoms with van der Waals surface area (Å²) in [5, 5.41) is 10.3. The maximum Gasteiger partial charge on any atom is 0.0613 e. The first-order valence-corrected chi connectivity index (χ1v) is 8.40. The summed E-state index contributed by atoms with van der Waals surface area (Å²) in [5.74, 6) is 2.49. The highest BCUT2D eigenvalue weighted by Gasteiger charge is 2.38. The fraction of sp³-hybridized carbons (Fsp3) is 0.600. The van der Waals surface area contributed by atoms with Gasteiger partial charge in [0.25, 0.3) is 0 Å². The van der Waals surface area contributed by atoms with E-state index in [-0.39, 0.29) is 12.1 Å². The molecule has 2 unspecified atom stereocenters. The Balaban J connectivity index is 1.74. The molecule has 106 valence electrons. The molecule has 2 nitrogen and oxygen atoms in total. The smallest absolute Gasteiger partial charge is 0.0613 e. The van der Waals surface area contributed by atoms with Crippen molar-refractivity contribution in [3.8, 4) is 0 Å². The minimum absolute atomic E-state index is 0.118. The minimum Gasteiger partial charge on any atom is -0.394 e. The third-order valence-electron chi connectivity index (χ3n) is 4.13. The van der Waals surface area contributed by atoms with E-state index in [1.807, 2.05) is 30.0 Å². The van der Waals surface area contributed by atoms with Crippen molar-refractivity contribution in [3.05, 3.63) is 34.9 Å². The molecule has 3 N–H and O–H groups in total. The molecule has 2 rings (SSSR count). The Morgan fingerprint density at radius 2 is 2.21 bits per heavy atom. The molecule has 0 bridgehead atoms. The van der Waals surface area contributed by atoms with E-state index in [0.29, 0.717) is 5.92 Å². The van der Waals surface area contributed by atoms with Crippen molar-refractivity contribution >= 4 is 23.4 Å². The molecule has 1 aromatic carbocycles. The van der Waals surface area contributed by atoms with E-state index in [1.165, 1.54) is 5.56 Å². The molecule has 0 aromatic heterocycles. The van der Waals surface area contributed by atoms with Crippen molar-refractivity contribution in [2.45, 2.75) is 37.0 Å². The average molecular weight is 300 g/mol. The van der Waals surface area contributed by atoms with E-state index < -0.39 is 0 Å². The van der Waals surface area contributed by atoms with Crippen molar-refractivity contribution < 1.29 is 5.11 Å². The second-order valence-corrected chi connectivity index (χ2v) is 6.93. The summed E-state index contributed by atoms with van der Waals surface area (Å²) in [4.78, 5) is 0. The van der Waals surface area contributed by atoms with Crippen LogP contribution in [0.2, 0.25) is 5.02 Å². The van der Waals surface area contributed by atoms with E-state index in [4.69, 9.17) is 17.3 Å². The van der Waals surface area contributed by atoms with Gasteiger partial charge in [-0.2, -0.15) is 11.8 Å². The SMILES string of the molecule is NC1(CO)CCCC1CCSCc1ccccc1Cl. The van der Waals surface area contributed by atoms with Crippen LogP contribution in [0.15, 0.2) is 24.3 Å². The molecule has 2 atom stereocenters. The Bertz CT molecular complexity index is 415. The molecule has 0 saturated heterocycles. The molecule has 4 heteroatoms. The Kier molecular flexibility index (Phi) is 5.58. The molecule has 0 spiro atoms. The largest absolute Gasteiger partial charge is 0.394 e. The highest BCUT2D eigenvalue weighted by atomic mass is 35.5. The third kappa shape index (κ3) is 3.88. The number of benzene rings is 1. The molecule has 1 aromatic rings. The van der Waals surface area contributed by atoms with Crippen LogP contribution in [0.1, 0.15) is 31.2 Å². The number of thioether (sulfide) groups is 1. The predicted molar refractivity (Wildman–Crippen MR) is 83.6 cm³/mol. The van der Waals surface area contributed by atoms with Gasteiger partial charge in [0.05, 0.1) is 6.61 Å². The van der Waals surface area contributed by atoms with E-state index in [2.05, 4.69) is 6.07 Å². The lowest BCUT2D eigenvalue weighted by molar-refractivity contribution is 0.158. The van der Waals surface area contributed by atoms with Crippen LogP contribution in [0, 0.1) is 5.92 Å². The molecule has 1 aliphatic rings. The summed E-state index contributed by atoms with van der Waals surface area (Å²) in [6.07, 6.45) is 4.36. The lowest BCUT2D eigenvalue weighted by Crippen LogP contribution is -2.47. The predicted octanol–water partition coefficient (Wildman–Crippen LogP) is 3.45. The number of hydrogen-bond acceptors (Lipinski definition) is 3. The van der Waals surface area contributed by atoms with Crippen LogP contribution in [0.4, 0.5) is 0 Å². The van der Waals surface area contributed by atoms with Gasteiger partial charge in [0.15, 0.2) is 0 Å². The van der Waals surface area contributed by atoms with Gasteiger partial charge < -0.3 is 10.8 Å². The maximum atomic E-state index is 9.42. The zero-order chi connectivity index (χ0) is 13.7. The van der Waals surface area contributed by atoms with Gasteiger partial charge in [-0.05, 0) is 42.6 Å². The Morgan fingerprint density at radius 1 is 1.42 bits per heavy atom. The van der Waals surface area contributed by atoms with Crippen LogP contribution >= 0.6 is 23.4 Å². The Labute approximate surface area is 124 Å². The molecule has 1 aliphatic carbocycles. The van der Waals surface area contributed by atoms with Crippen molar-refractivity contribution in [2.75, 3.05) is 12.4 Å². The topological polar surface area (TPSA) is 46.2 Å². The fourth-order valence-corrected chi connectivity index (χ4v) is 4.18. The molecule has 19 heavy (non-hydrogen) atoms. The number of nitrogens with two attached hydrogens (primary N) is 1. The monoisotopic (exact) mass is 299 g/mol. The van der Waals surface area contributed by atoms with Gasteiger partial charge in [-0.15, -0.1) is 0 Å². The summed E-state index contributed by atoms with van der Waals surface area (Å²) in [7, 11) is 0. The number of hydrogen-bond donors (Lipinski definition) is 2. The standard InChI is InChI=1S/C15H22ClNOS/c16-14-6-2-1-4-12(14)10-19-9-7-13-5-3-8-15(13,17)11-18/h1-2,4,6,13,18H,3,5,7-11,17H2. The average Bonchev–Trinajstić information content (AvgIpc) is 2.79. The first-order chi connectivity index (χ1) is 9.15. The van der Waals surface area contributed by atoms with Crippen LogP contribution in [-0.2, 0) is 5.75 Å². The van der Waals surface area contributed by atoms with E-state index >= 15 is 0 Å². The normalized spacial score (nSPS) is 26.8. The molecule has 0 radical (unpaired) electrons. The van der Waals surface area contributed by atoms with Crippen molar-refractivity contribution in [3.63, 3.8) is 0 Å². The van der Waals surface area contributed by atoms with Gasteiger partial charge in [0.1, 0.15) is 0 Å². The summed E-state index contributed by atoms with van der Waals surface area (Å²) >= 11 is 8.03. The second-order valence-electron chi connectivity index (χ2n) is 5.41. The molecule has 0 amide bonds. The lowest BCUT2D eigenvalue weighted by atomic mass is 9.87. The van der Waals surface area contributed by atoms with Gasteiger partial charge >= 0.3 is 0 Å². The van der Waals surface area contributed by atoms with Gasteiger partial charge in [-0.3, -0.25) is 0 Å². The zero-order valence-corrected chi connectivity index (χ0v) is 12.7. The van der Waals surface area contributed by atoms with E-state index in [0.717, 1.165) is 42.2 Å². The number of aliphatic hydroxyl groups is 1. The van der Waals surface area contributed by atoms with Crippen molar-refractivity contribution in [1.82, 2.24) is 0 Å². The summed E-state index contributed by atoms with van der Waals surface area (Å²) in [5.41, 5.74) is 7.11. The molecule has 1 saturated carbocycles. The quantitative estimate of drug-likeness (QED) is 0.791. The van der Waals surface area contributed by atoms with Crippen molar-refractivity contribution in [2.24, 2.45) is 11.7 Å². The molecule has 1 fully saturated rings. The van der Waals surface area contributed by atoms with E-state index in [9.17, 15) is 5.11 Å². The van der Waals surface area contributed by atoms with Gasteiger partial charge in [0.2, 0.25) is 0 Å². The highest BCUT2D eigenvalue weighted by Crippen LogP contribution is 2.36. The van der Waals surface area contributed by atoms with Gasteiger partial charge in [-0.1, -0.05) is 36.2 Å². The van der Waals surface area contributed by atoms with E-state index in [1.54, 1.807) is 0 Å². The summed E-state index contributed by atoms with van der Waals surface area (Å²) < 4.78 is 0. The Hall–Kier alpha value is -0.220. The molecule has 0 aliphatic heterocycles. The second kappa shape index (κ2) is 6.98. The summed E-state index contributed by atoms with van der Waals surface area (Å²) in [6, 6.07) is 7.99. The minimum atomic E-state index is -0.328. The molecule has 0 heterocycles. The number of halogens is 1.